The number of nitrogens with zero attached hydrogens (tertiary/aromatic N) is 3. The molecule has 0 radical (unpaired) electrons. The SMILES string of the molecule is CN=c1scc(-c2ccc(F)cc2)n1/N=C\c1ccc(OC)c(OC)c1OC. The Morgan fingerprint density at radius 2 is 1.68 bits per heavy atom. The Hall–Kier alpha value is -3.13. The van der Waals surface area contributed by atoms with E-state index in [1.165, 1.54) is 23.5 Å². The molecule has 1 aromatic heterocycles. The molecule has 0 unspecified atom stereocenters. The molecule has 0 saturated carbocycles. The Morgan fingerprint density at radius 3 is 2.29 bits per heavy atom. The first kappa shape index (κ1) is 19.6. The van der Waals surface area contributed by atoms with Gasteiger partial charge in [0, 0.05) is 23.6 Å². The van der Waals surface area contributed by atoms with Crippen molar-refractivity contribution in [2.45, 2.75) is 0 Å². The molecule has 0 bridgehead atoms. The largest absolute Gasteiger partial charge is 0.493 e. The van der Waals surface area contributed by atoms with Gasteiger partial charge in [0.1, 0.15) is 5.82 Å². The summed E-state index contributed by atoms with van der Waals surface area (Å²) in [6, 6.07) is 9.87. The molecule has 3 aromatic rings. The summed E-state index contributed by atoms with van der Waals surface area (Å²) < 4.78 is 31.2. The minimum atomic E-state index is -0.288. The molecule has 28 heavy (non-hydrogen) atoms. The predicted molar refractivity (Wildman–Crippen MR) is 108 cm³/mol. The van der Waals surface area contributed by atoms with Gasteiger partial charge in [-0.1, -0.05) is 0 Å². The smallest absolute Gasteiger partial charge is 0.205 e. The van der Waals surface area contributed by atoms with E-state index in [1.54, 1.807) is 57.5 Å². The number of hydrogen-bond donors (Lipinski definition) is 0. The molecule has 0 aliphatic rings. The van der Waals surface area contributed by atoms with Crippen molar-refractivity contribution >= 4 is 17.6 Å². The first-order chi connectivity index (χ1) is 13.6. The maximum absolute atomic E-state index is 13.3. The quantitative estimate of drug-likeness (QED) is 0.591. The summed E-state index contributed by atoms with van der Waals surface area (Å²) in [7, 11) is 6.37. The first-order valence-corrected chi connectivity index (χ1v) is 9.23. The second-order valence-electron chi connectivity index (χ2n) is 5.61. The lowest BCUT2D eigenvalue weighted by atomic mass is 10.2. The molecule has 0 spiro atoms. The lowest BCUT2D eigenvalue weighted by molar-refractivity contribution is 0.324. The zero-order chi connectivity index (χ0) is 20.1. The van der Waals surface area contributed by atoms with E-state index in [9.17, 15) is 4.39 Å². The molecular weight excluding hydrogens is 381 g/mol. The Bertz CT molecular complexity index is 1060. The molecule has 146 valence electrons. The fourth-order valence-corrected chi connectivity index (χ4v) is 3.53. The summed E-state index contributed by atoms with van der Waals surface area (Å²) in [4.78, 5) is 4.97. The highest BCUT2D eigenvalue weighted by atomic mass is 32.1. The number of aromatic nitrogens is 1. The maximum Gasteiger partial charge on any atom is 0.205 e. The van der Waals surface area contributed by atoms with Crippen molar-refractivity contribution in [3.05, 3.63) is 58.0 Å². The first-order valence-electron chi connectivity index (χ1n) is 8.35. The Morgan fingerprint density at radius 1 is 0.964 bits per heavy atom. The molecule has 0 N–H and O–H groups in total. The molecule has 2 aromatic carbocycles. The van der Waals surface area contributed by atoms with Crippen LogP contribution in [-0.4, -0.2) is 39.3 Å². The number of benzene rings is 2. The number of hydrogen-bond acceptors (Lipinski definition) is 6. The van der Waals surface area contributed by atoms with Crippen LogP contribution in [0, 0.1) is 5.82 Å². The van der Waals surface area contributed by atoms with Crippen molar-refractivity contribution in [2.24, 2.45) is 10.1 Å². The van der Waals surface area contributed by atoms with Crippen molar-refractivity contribution in [1.29, 1.82) is 0 Å². The molecule has 0 saturated heterocycles. The average Bonchev–Trinajstić information content (AvgIpc) is 3.14. The molecule has 3 rings (SSSR count). The Labute approximate surface area is 166 Å². The van der Waals surface area contributed by atoms with Crippen molar-refractivity contribution in [3.8, 4) is 28.5 Å². The number of methoxy groups -OCH3 is 3. The third-order valence-electron chi connectivity index (χ3n) is 4.06. The van der Waals surface area contributed by atoms with Gasteiger partial charge in [0.25, 0.3) is 0 Å². The van der Waals surface area contributed by atoms with Crippen LogP contribution in [0.4, 0.5) is 4.39 Å². The van der Waals surface area contributed by atoms with E-state index in [0.29, 0.717) is 27.6 Å². The lowest BCUT2D eigenvalue weighted by Gasteiger charge is -2.13. The highest BCUT2D eigenvalue weighted by molar-refractivity contribution is 7.07. The van der Waals surface area contributed by atoms with Gasteiger partial charge in [-0.25, -0.2) is 9.07 Å². The summed E-state index contributed by atoms with van der Waals surface area (Å²) in [5.74, 6) is 1.28. The average molecular weight is 401 g/mol. The van der Waals surface area contributed by atoms with Gasteiger partial charge < -0.3 is 14.2 Å². The van der Waals surface area contributed by atoms with E-state index in [4.69, 9.17) is 14.2 Å². The standard InChI is InChI=1S/C20H20FN3O3S/c1-22-20-24(16(12-28-20)13-5-8-15(21)9-6-13)23-11-14-7-10-17(25-2)19(27-4)18(14)26-3/h5-12H,1-4H3/b22-20?,23-11-. The summed E-state index contributed by atoms with van der Waals surface area (Å²) in [5.41, 5.74) is 2.36. The Kier molecular flexibility index (Phi) is 6.10. The molecule has 0 fully saturated rings. The topological polar surface area (TPSA) is 57.3 Å². The summed E-state index contributed by atoms with van der Waals surface area (Å²) in [6.07, 6.45) is 1.66. The second-order valence-corrected chi connectivity index (χ2v) is 6.45. The van der Waals surface area contributed by atoms with Gasteiger partial charge in [0.2, 0.25) is 10.6 Å². The third-order valence-corrected chi connectivity index (χ3v) is 4.97. The van der Waals surface area contributed by atoms with Crippen LogP contribution in [0.3, 0.4) is 0 Å². The van der Waals surface area contributed by atoms with Crippen molar-refractivity contribution in [2.75, 3.05) is 28.4 Å². The van der Waals surface area contributed by atoms with E-state index in [2.05, 4.69) is 10.1 Å². The van der Waals surface area contributed by atoms with Gasteiger partial charge in [-0.3, -0.25) is 4.99 Å². The van der Waals surface area contributed by atoms with Crippen molar-refractivity contribution in [3.63, 3.8) is 0 Å². The molecular formula is C20H20FN3O3S. The maximum atomic E-state index is 13.3. The van der Waals surface area contributed by atoms with Crippen LogP contribution in [0.2, 0.25) is 0 Å². The van der Waals surface area contributed by atoms with Gasteiger partial charge in [-0.05, 0) is 36.4 Å². The zero-order valence-electron chi connectivity index (χ0n) is 16.0. The molecule has 0 aliphatic carbocycles. The molecule has 0 atom stereocenters. The van der Waals surface area contributed by atoms with E-state index < -0.39 is 0 Å². The second kappa shape index (κ2) is 8.71. The fourth-order valence-electron chi connectivity index (χ4n) is 2.73. The summed E-state index contributed by atoms with van der Waals surface area (Å²) in [6.45, 7) is 0. The van der Waals surface area contributed by atoms with Crippen LogP contribution in [0.15, 0.2) is 51.9 Å². The summed E-state index contributed by atoms with van der Waals surface area (Å²) >= 11 is 1.45. The zero-order valence-corrected chi connectivity index (χ0v) is 16.8. The highest BCUT2D eigenvalue weighted by Crippen LogP contribution is 2.39. The minimum absolute atomic E-state index is 0.288. The monoisotopic (exact) mass is 401 g/mol. The van der Waals surface area contributed by atoms with Gasteiger partial charge in [0.15, 0.2) is 11.5 Å². The van der Waals surface area contributed by atoms with Gasteiger partial charge in [-0.2, -0.15) is 5.10 Å². The molecule has 1 heterocycles. The Balaban J connectivity index is 2.08. The van der Waals surface area contributed by atoms with Crippen LogP contribution in [0.1, 0.15) is 5.56 Å². The fraction of sp³-hybridized carbons (Fsp3) is 0.200. The van der Waals surface area contributed by atoms with Crippen LogP contribution >= 0.6 is 11.3 Å². The molecule has 8 heteroatoms. The number of ether oxygens (including phenoxy) is 3. The number of rotatable bonds is 6. The third kappa shape index (κ3) is 3.77. The summed E-state index contributed by atoms with van der Waals surface area (Å²) in [5, 5.41) is 6.51. The van der Waals surface area contributed by atoms with Gasteiger partial charge >= 0.3 is 0 Å². The van der Waals surface area contributed by atoms with E-state index >= 15 is 0 Å². The minimum Gasteiger partial charge on any atom is -0.493 e. The molecule has 0 amide bonds. The van der Waals surface area contributed by atoms with E-state index in [1.807, 2.05) is 11.4 Å². The van der Waals surface area contributed by atoms with Gasteiger partial charge in [0.05, 0.1) is 33.2 Å². The molecule has 6 nitrogen and oxygen atoms in total. The van der Waals surface area contributed by atoms with Crippen molar-refractivity contribution in [1.82, 2.24) is 4.68 Å². The normalized spacial score (nSPS) is 11.8. The predicted octanol–water partition coefficient (Wildman–Crippen LogP) is 3.79. The molecule has 0 aliphatic heterocycles. The van der Waals surface area contributed by atoms with Crippen LogP contribution in [0.25, 0.3) is 11.3 Å². The number of thiazole rings is 1. The lowest BCUT2D eigenvalue weighted by Crippen LogP contribution is -2.11. The van der Waals surface area contributed by atoms with Crippen LogP contribution in [0.5, 0.6) is 17.2 Å². The highest BCUT2D eigenvalue weighted by Gasteiger charge is 2.15. The van der Waals surface area contributed by atoms with Crippen molar-refractivity contribution < 1.29 is 18.6 Å². The van der Waals surface area contributed by atoms with E-state index in [0.717, 1.165) is 11.3 Å². The van der Waals surface area contributed by atoms with E-state index in [-0.39, 0.29) is 5.82 Å². The number of halogens is 1. The van der Waals surface area contributed by atoms with Gasteiger partial charge in [-0.15, -0.1) is 11.3 Å². The van der Waals surface area contributed by atoms with Crippen LogP contribution in [-0.2, 0) is 0 Å². The van der Waals surface area contributed by atoms with Crippen LogP contribution < -0.4 is 19.0 Å².